The minimum Gasteiger partial charge on any atom is -0.373 e. The van der Waals surface area contributed by atoms with Crippen LogP contribution in [0.25, 0.3) is 0 Å². The van der Waals surface area contributed by atoms with E-state index in [-0.39, 0.29) is 30.1 Å². The van der Waals surface area contributed by atoms with Crippen LogP contribution in [0.5, 0.6) is 0 Å². The van der Waals surface area contributed by atoms with Gasteiger partial charge in [-0.25, -0.2) is 0 Å². The fourth-order valence-corrected chi connectivity index (χ4v) is 4.25. The number of aliphatic imine (C=N–C) groups is 1. The molecule has 2 unspecified atom stereocenters. The molecule has 2 aromatic rings. The highest BCUT2D eigenvalue weighted by Gasteiger charge is 2.41. The maximum atomic E-state index is 11.2. The van der Waals surface area contributed by atoms with E-state index >= 15 is 0 Å². The number of amides is 1. The van der Waals surface area contributed by atoms with Gasteiger partial charge in [0.2, 0.25) is 5.91 Å². The van der Waals surface area contributed by atoms with E-state index in [1.807, 2.05) is 19.2 Å². The molecular weight excluding hydrogens is 505 g/mol. The number of fused-ring (bicyclic) bond motifs is 1. The zero-order chi connectivity index (χ0) is 20.9. The van der Waals surface area contributed by atoms with Gasteiger partial charge in [0.05, 0.1) is 18.8 Å². The Hall–Kier alpha value is -2.17. The average Bonchev–Trinajstić information content (AvgIpc) is 3.20. The van der Waals surface area contributed by atoms with Crippen LogP contribution in [0.2, 0.25) is 0 Å². The van der Waals surface area contributed by atoms with Crippen LogP contribution in [0.15, 0.2) is 59.6 Å². The number of ether oxygens (including phenoxy) is 1. The Kier molecular flexibility index (Phi) is 8.28. The van der Waals surface area contributed by atoms with Gasteiger partial charge in [-0.1, -0.05) is 42.5 Å². The van der Waals surface area contributed by atoms with Crippen molar-refractivity contribution >= 4 is 35.8 Å². The number of morpholine rings is 1. The summed E-state index contributed by atoms with van der Waals surface area (Å²) in [6.45, 7) is 5.00. The van der Waals surface area contributed by atoms with Crippen LogP contribution in [-0.4, -0.2) is 67.1 Å². The molecule has 8 heteroatoms. The Balaban J connectivity index is 0.00000272. The molecule has 2 fully saturated rings. The summed E-state index contributed by atoms with van der Waals surface area (Å²) < 4.78 is 6.08. The van der Waals surface area contributed by atoms with E-state index in [1.54, 1.807) is 12.1 Å². The summed E-state index contributed by atoms with van der Waals surface area (Å²) in [6.07, 6.45) is 0.191. The van der Waals surface area contributed by atoms with E-state index < -0.39 is 5.91 Å². The van der Waals surface area contributed by atoms with Crippen molar-refractivity contribution in [2.45, 2.75) is 25.2 Å². The van der Waals surface area contributed by atoms with E-state index in [0.29, 0.717) is 18.2 Å². The second kappa shape index (κ2) is 10.9. The molecule has 1 amide bonds. The number of nitrogens with one attached hydrogen (secondary N) is 1. The number of hydrogen-bond donors (Lipinski definition) is 2. The van der Waals surface area contributed by atoms with E-state index in [0.717, 1.165) is 44.3 Å². The molecule has 2 atom stereocenters. The molecule has 2 aliphatic rings. The first-order chi connectivity index (χ1) is 14.6. The number of nitrogens with zero attached hydrogens (tertiary/aromatic N) is 3. The minimum absolute atomic E-state index is 0. The van der Waals surface area contributed by atoms with Crippen molar-refractivity contribution in [2.75, 3.05) is 33.3 Å². The van der Waals surface area contributed by atoms with Crippen molar-refractivity contribution in [1.29, 1.82) is 0 Å². The van der Waals surface area contributed by atoms with Gasteiger partial charge in [0, 0.05) is 45.3 Å². The number of likely N-dealkylation sites (tertiary alicyclic amines) is 1. The lowest BCUT2D eigenvalue weighted by Gasteiger charge is -2.36. The fraction of sp³-hybridized carbons (Fsp3) is 0.391. The van der Waals surface area contributed by atoms with Gasteiger partial charge in [-0.2, -0.15) is 0 Å². The first-order valence-electron chi connectivity index (χ1n) is 10.4. The molecule has 3 N–H and O–H groups in total. The summed E-state index contributed by atoms with van der Waals surface area (Å²) in [7, 11) is 1.81. The van der Waals surface area contributed by atoms with E-state index in [4.69, 9.17) is 10.5 Å². The zero-order valence-electron chi connectivity index (χ0n) is 17.7. The smallest absolute Gasteiger partial charge is 0.248 e. The van der Waals surface area contributed by atoms with Crippen molar-refractivity contribution in [2.24, 2.45) is 10.7 Å². The summed E-state index contributed by atoms with van der Waals surface area (Å²) in [4.78, 5) is 20.5. The molecule has 31 heavy (non-hydrogen) atoms. The van der Waals surface area contributed by atoms with Gasteiger partial charge in [-0.3, -0.25) is 14.7 Å². The number of carbonyl (C=O) groups is 1. The SMILES string of the molecule is CN=C(NCc1ccc(C(N)=O)cc1)N1CC2OCCN(Cc3ccccc3)C2C1.I. The van der Waals surface area contributed by atoms with Crippen molar-refractivity contribution in [3.63, 3.8) is 0 Å². The third-order valence-corrected chi connectivity index (χ3v) is 5.85. The van der Waals surface area contributed by atoms with E-state index in [2.05, 4.69) is 50.4 Å². The quantitative estimate of drug-likeness (QED) is 0.348. The lowest BCUT2D eigenvalue weighted by atomic mass is 10.1. The summed E-state index contributed by atoms with van der Waals surface area (Å²) in [5.41, 5.74) is 8.23. The molecule has 2 saturated heterocycles. The van der Waals surface area contributed by atoms with Crippen molar-refractivity contribution < 1.29 is 9.53 Å². The third-order valence-electron chi connectivity index (χ3n) is 5.85. The third kappa shape index (κ3) is 5.75. The van der Waals surface area contributed by atoms with E-state index in [1.165, 1.54) is 5.56 Å². The Morgan fingerprint density at radius 3 is 2.55 bits per heavy atom. The maximum Gasteiger partial charge on any atom is 0.248 e. The highest BCUT2D eigenvalue weighted by atomic mass is 127. The zero-order valence-corrected chi connectivity index (χ0v) is 20.1. The first kappa shape index (κ1) is 23.5. The summed E-state index contributed by atoms with van der Waals surface area (Å²) in [6, 6.07) is 18.3. The van der Waals surface area contributed by atoms with Crippen LogP contribution >= 0.6 is 24.0 Å². The Bertz CT molecular complexity index is 891. The minimum atomic E-state index is -0.412. The Morgan fingerprint density at radius 1 is 1.13 bits per heavy atom. The molecule has 2 heterocycles. The lowest BCUT2D eigenvalue weighted by Crippen LogP contribution is -2.50. The average molecular weight is 535 g/mol. The predicted molar refractivity (Wildman–Crippen MR) is 133 cm³/mol. The summed E-state index contributed by atoms with van der Waals surface area (Å²) in [5, 5.41) is 3.44. The predicted octanol–water partition coefficient (Wildman–Crippen LogP) is 2.06. The largest absolute Gasteiger partial charge is 0.373 e. The molecule has 0 aliphatic carbocycles. The molecule has 2 aromatic carbocycles. The number of primary amides is 1. The second-order valence-corrected chi connectivity index (χ2v) is 7.80. The standard InChI is InChI=1S/C23H29N5O2.HI/c1-25-23(26-13-17-7-9-19(10-8-17)22(24)29)28-15-20-21(16-28)30-12-11-27(20)14-18-5-3-2-4-6-18;/h2-10,20-21H,11-16H2,1H3,(H2,24,29)(H,25,26);1H. The number of rotatable bonds is 5. The topological polar surface area (TPSA) is 83.2 Å². The summed E-state index contributed by atoms with van der Waals surface area (Å²) >= 11 is 0. The summed E-state index contributed by atoms with van der Waals surface area (Å²) in [5.74, 6) is 0.455. The molecule has 0 bridgehead atoms. The van der Waals surface area contributed by atoms with Crippen LogP contribution in [0.4, 0.5) is 0 Å². The highest BCUT2D eigenvalue weighted by molar-refractivity contribution is 14.0. The van der Waals surface area contributed by atoms with Gasteiger partial charge in [0.1, 0.15) is 0 Å². The fourth-order valence-electron chi connectivity index (χ4n) is 4.25. The van der Waals surface area contributed by atoms with Crippen LogP contribution < -0.4 is 11.1 Å². The molecule has 4 rings (SSSR count). The maximum absolute atomic E-state index is 11.2. The van der Waals surface area contributed by atoms with E-state index in [9.17, 15) is 4.79 Å². The van der Waals surface area contributed by atoms with Gasteiger partial charge >= 0.3 is 0 Å². The molecule has 2 aliphatic heterocycles. The Morgan fingerprint density at radius 2 is 1.87 bits per heavy atom. The molecular formula is C23H30IN5O2. The lowest BCUT2D eigenvalue weighted by molar-refractivity contribution is -0.0502. The van der Waals surface area contributed by atoms with Gasteiger partial charge in [-0.05, 0) is 23.3 Å². The number of nitrogens with two attached hydrogens (primary N) is 1. The monoisotopic (exact) mass is 535 g/mol. The molecule has 0 spiro atoms. The van der Waals surface area contributed by atoms with Crippen LogP contribution in [0.1, 0.15) is 21.5 Å². The van der Waals surface area contributed by atoms with Gasteiger partial charge in [0.15, 0.2) is 5.96 Å². The molecule has 166 valence electrons. The molecule has 7 nitrogen and oxygen atoms in total. The normalized spacial score (nSPS) is 21.3. The Labute approximate surface area is 200 Å². The second-order valence-electron chi connectivity index (χ2n) is 7.80. The number of carbonyl (C=O) groups excluding carboxylic acids is 1. The number of halogens is 1. The molecule has 0 radical (unpaired) electrons. The number of hydrogen-bond acceptors (Lipinski definition) is 4. The van der Waals surface area contributed by atoms with Gasteiger partial charge in [-0.15, -0.1) is 24.0 Å². The van der Waals surface area contributed by atoms with Gasteiger partial charge in [0.25, 0.3) is 0 Å². The molecule has 0 aromatic heterocycles. The van der Waals surface area contributed by atoms with Crippen LogP contribution in [0.3, 0.4) is 0 Å². The number of benzene rings is 2. The van der Waals surface area contributed by atoms with Crippen molar-refractivity contribution in [1.82, 2.24) is 15.1 Å². The van der Waals surface area contributed by atoms with Crippen LogP contribution in [-0.2, 0) is 17.8 Å². The van der Waals surface area contributed by atoms with Gasteiger partial charge < -0.3 is 20.7 Å². The van der Waals surface area contributed by atoms with Crippen molar-refractivity contribution in [3.05, 3.63) is 71.3 Å². The van der Waals surface area contributed by atoms with Crippen LogP contribution in [0, 0.1) is 0 Å². The van der Waals surface area contributed by atoms with Crippen molar-refractivity contribution in [3.8, 4) is 0 Å². The number of guanidine groups is 1. The first-order valence-corrected chi connectivity index (χ1v) is 10.4. The molecule has 0 saturated carbocycles. The highest BCUT2D eigenvalue weighted by Crippen LogP contribution is 2.24.